The van der Waals surface area contributed by atoms with Gasteiger partial charge in [0.05, 0.1) is 12.3 Å². The van der Waals surface area contributed by atoms with Crippen LogP contribution in [0.15, 0.2) is 6.07 Å². The lowest BCUT2D eigenvalue weighted by molar-refractivity contribution is 0.277. The summed E-state index contributed by atoms with van der Waals surface area (Å²) in [4.78, 5) is 8.90. The smallest absolute Gasteiger partial charge is 0.160 e. The second-order valence-corrected chi connectivity index (χ2v) is 3.70. The predicted molar refractivity (Wildman–Crippen MR) is 58.5 cm³/mol. The second-order valence-electron chi connectivity index (χ2n) is 3.70. The normalized spacial score (nSPS) is 11.2. The molecular weight excluding hydrogens is 190 g/mol. The molecule has 1 N–H and O–H groups in total. The predicted octanol–water partition coefficient (Wildman–Crippen LogP) is 1.33. The van der Waals surface area contributed by atoms with Crippen LogP contribution in [0.25, 0.3) is 11.2 Å². The maximum Gasteiger partial charge on any atom is 0.160 e. The molecule has 0 radical (unpaired) electrons. The SMILES string of the molecule is CCc1nc2c(C)cc(CO)nc2n1C. The van der Waals surface area contributed by atoms with Gasteiger partial charge in [-0.05, 0) is 18.6 Å². The summed E-state index contributed by atoms with van der Waals surface area (Å²) in [5.41, 5.74) is 3.56. The first-order valence-electron chi connectivity index (χ1n) is 5.10. The molecule has 0 saturated carbocycles. The molecule has 4 heteroatoms. The third kappa shape index (κ3) is 1.51. The van der Waals surface area contributed by atoms with Gasteiger partial charge in [-0.25, -0.2) is 9.97 Å². The molecule has 0 atom stereocenters. The Labute approximate surface area is 88.6 Å². The highest BCUT2D eigenvalue weighted by molar-refractivity contribution is 5.75. The molecule has 0 unspecified atom stereocenters. The van der Waals surface area contributed by atoms with E-state index in [9.17, 15) is 0 Å². The van der Waals surface area contributed by atoms with Crippen molar-refractivity contribution in [2.75, 3.05) is 0 Å². The number of rotatable bonds is 2. The fourth-order valence-corrected chi connectivity index (χ4v) is 1.81. The average Bonchev–Trinajstić information content (AvgIpc) is 2.56. The van der Waals surface area contributed by atoms with Gasteiger partial charge in [-0.3, -0.25) is 0 Å². The number of fused-ring (bicyclic) bond motifs is 1. The molecule has 0 aromatic carbocycles. The van der Waals surface area contributed by atoms with Gasteiger partial charge in [0.15, 0.2) is 5.65 Å². The van der Waals surface area contributed by atoms with E-state index in [0.29, 0.717) is 5.69 Å². The number of pyridine rings is 1. The molecule has 0 bridgehead atoms. The number of aliphatic hydroxyl groups is 1. The van der Waals surface area contributed by atoms with Crippen molar-refractivity contribution in [3.63, 3.8) is 0 Å². The van der Waals surface area contributed by atoms with E-state index < -0.39 is 0 Å². The van der Waals surface area contributed by atoms with Crippen LogP contribution >= 0.6 is 0 Å². The van der Waals surface area contributed by atoms with Crippen molar-refractivity contribution in [2.24, 2.45) is 7.05 Å². The average molecular weight is 205 g/mol. The highest BCUT2D eigenvalue weighted by atomic mass is 16.3. The Morgan fingerprint density at radius 3 is 2.73 bits per heavy atom. The Hall–Kier alpha value is -1.42. The maximum atomic E-state index is 9.08. The summed E-state index contributed by atoms with van der Waals surface area (Å²) >= 11 is 0. The molecule has 0 spiro atoms. The van der Waals surface area contributed by atoms with Gasteiger partial charge in [0.25, 0.3) is 0 Å². The van der Waals surface area contributed by atoms with Crippen LogP contribution in [0, 0.1) is 6.92 Å². The zero-order chi connectivity index (χ0) is 11.0. The third-order valence-corrected chi connectivity index (χ3v) is 2.64. The molecule has 2 aromatic rings. The fraction of sp³-hybridized carbons (Fsp3) is 0.455. The van der Waals surface area contributed by atoms with Gasteiger partial charge in [0.1, 0.15) is 11.3 Å². The van der Waals surface area contributed by atoms with E-state index in [-0.39, 0.29) is 6.61 Å². The van der Waals surface area contributed by atoms with Gasteiger partial charge in [-0.15, -0.1) is 0 Å². The van der Waals surface area contributed by atoms with Crippen LogP contribution in [-0.4, -0.2) is 19.6 Å². The number of aromatic nitrogens is 3. The van der Waals surface area contributed by atoms with Gasteiger partial charge in [-0.1, -0.05) is 6.92 Å². The summed E-state index contributed by atoms with van der Waals surface area (Å²) in [6.07, 6.45) is 0.890. The molecule has 4 nitrogen and oxygen atoms in total. The highest BCUT2D eigenvalue weighted by Gasteiger charge is 2.10. The largest absolute Gasteiger partial charge is 0.390 e. The minimum Gasteiger partial charge on any atom is -0.390 e. The number of hydrogen-bond acceptors (Lipinski definition) is 3. The summed E-state index contributed by atoms with van der Waals surface area (Å²) in [5.74, 6) is 1.02. The zero-order valence-corrected chi connectivity index (χ0v) is 9.28. The molecule has 2 heterocycles. The van der Waals surface area contributed by atoms with Crippen molar-refractivity contribution in [1.82, 2.24) is 14.5 Å². The molecular formula is C11H15N3O. The number of imidazole rings is 1. The molecule has 2 rings (SSSR count). The lowest BCUT2D eigenvalue weighted by Crippen LogP contribution is -1.98. The lowest BCUT2D eigenvalue weighted by Gasteiger charge is -2.01. The Bertz CT molecular complexity index is 502. The molecule has 0 amide bonds. The summed E-state index contributed by atoms with van der Waals surface area (Å²) in [6, 6.07) is 1.88. The van der Waals surface area contributed by atoms with Gasteiger partial charge in [0, 0.05) is 13.5 Å². The molecule has 0 aliphatic carbocycles. The van der Waals surface area contributed by atoms with E-state index in [2.05, 4.69) is 16.9 Å². The van der Waals surface area contributed by atoms with Gasteiger partial charge in [-0.2, -0.15) is 0 Å². The molecule has 2 aromatic heterocycles. The Morgan fingerprint density at radius 2 is 2.13 bits per heavy atom. The summed E-state index contributed by atoms with van der Waals surface area (Å²) < 4.78 is 1.99. The zero-order valence-electron chi connectivity index (χ0n) is 9.28. The second kappa shape index (κ2) is 3.62. The van der Waals surface area contributed by atoms with Crippen molar-refractivity contribution in [3.05, 3.63) is 23.1 Å². The van der Waals surface area contributed by atoms with Crippen molar-refractivity contribution < 1.29 is 5.11 Å². The summed E-state index contributed by atoms with van der Waals surface area (Å²) in [7, 11) is 1.96. The van der Waals surface area contributed by atoms with Crippen LogP contribution in [-0.2, 0) is 20.1 Å². The molecule has 0 saturated heterocycles. The molecule has 0 aliphatic rings. The Morgan fingerprint density at radius 1 is 1.40 bits per heavy atom. The molecule has 15 heavy (non-hydrogen) atoms. The quantitative estimate of drug-likeness (QED) is 0.804. The third-order valence-electron chi connectivity index (χ3n) is 2.64. The fourth-order valence-electron chi connectivity index (χ4n) is 1.81. The van der Waals surface area contributed by atoms with Crippen molar-refractivity contribution in [1.29, 1.82) is 0 Å². The van der Waals surface area contributed by atoms with E-state index in [1.807, 2.05) is 24.6 Å². The van der Waals surface area contributed by atoms with Crippen molar-refractivity contribution in [3.8, 4) is 0 Å². The van der Waals surface area contributed by atoms with Crippen LogP contribution < -0.4 is 0 Å². The monoisotopic (exact) mass is 205 g/mol. The lowest BCUT2D eigenvalue weighted by atomic mass is 10.2. The number of hydrogen-bond donors (Lipinski definition) is 1. The van der Waals surface area contributed by atoms with Crippen LogP contribution in [0.2, 0.25) is 0 Å². The van der Waals surface area contributed by atoms with Crippen molar-refractivity contribution in [2.45, 2.75) is 26.9 Å². The molecule has 0 aliphatic heterocycles. The van der Waals surface area contributed by atoms with Gasteiger partial charge in [0.2, 0.25) is 0 Å². The minimum absolute atomic E-state index is 0.0244. The van der Waals surface area contributed by atoms with Crippen LogP contribution in [0.5, 0.6) is 0 Å². The number of aliphatic hydroxyl groups excluding tert-OH is 1. The van der Waals surface area contributed by atoms with E-state index in [4.69, 9.17) is 5.11 Å². The van der Waals surface area contributed by atoms with E-state index >= 15 is 0 Å². The van der Waals surface area contributed by atoms with E-state index in [1.54, 1.807) is 0 Å². The number of aryl methyl sites for hydroxylation is 3. The van der Waals surface area contributed by atoms with Crippen molar-refractivity contribution >= 4 is 11.2 Å². The highest BCUT2D eigenvalue weighted by Crippen LogP contribution is 2.18. The Kier molecular flexibility index (Phi) is 2.44. The topological polar surface area (TPSA) is 50.9 Å². The van der Waals surface area contributed by atoms with Gasteiger partial charge >= 0.3 is 0 Å². The standard InChI is InChI=1S/C11H15N3O/c1-4-9-13-10-7(2)5-8(6-15)12-11(10)14(9)3/h5,15H,4,6H2,1-3H3. The first kappa shape index (κ1) is 10.1. The van der Waals surface area contributed by atoms with E-state index in [1.165, 1.54) is 0 Å². The minimum atomic E-state index is -0.0244. The maximum absolute atomic E-state index is 9.08. The van der Waals surface area contributed by atoms with Crippen LogP contribution in [0.1, 0.15) is 24.0 Å². The Balaban J connectivity index is 2.77. The number of nitrogens with zero attached hydrogens (tertiary/aromatic N) is 3. The van der Waals surface area contributed by atoms with Crippen LogP contribution in [0.4, 0.5) is 0 Å². The summed E-state index contributed by atoms with van der Waals surface area (Å²) in [5, 5.41) is 9.08. The van der Waals surface area contributed by atoms with E-state index in [0.717, 1.165) is 29.0 Å². The summed E-state index contributed by atoms with van der Waals surface area (Å²) in [6.45, 7) is 4.04. The molecule has 0 fully saturated rings. The van der Waals surface area contributed by atoms with Crippen LogP contribution in [0.3, 0.4) is 0 Å². The first-order chi connectivity index (χ1) is 7.17. The molecule has 80 valence electrons. The first-order valence-corrected chi connectivity index (χ1v) is 5.10. The van der Waals surface area contributed by atoms with Gasteiger partial charge < -0.3 is 9.67 Å².